The quantitative estimate of drug-likeness (QED) is 0.773. The van der Waals surface area contributed by atoms with E-state index in [-0.39, 0.29) is 6.04 Å². The van der Waals surface area contributed by atoms with Gasteiger partial charge in [0.2, 0.25) is 10.0 Å². The third-order valence-corrected chi connectivity index (χ3v) is 4.23. The molecule has 0 unspecified atom stereocenters. The van der Waals surface area contributed by atoms with Crippen molar-refractivity contribution < 1.29 is 8.42 Å². The number of sulfonamides is 1. The van der Waals surface area contributed by atoms with Gasteiger partial charge in [0, 0.05) is 6.04 Å². The van der Waals surface area contributed by atoms with Gasteiger partial charge in [0.05, 0.1) is 4.90 Å². The molecule has 0 radical (unpaired) electrons. The van der Waals surface area contributed by atoms with Crippen LogP contribution in [0.3, 0.4) is 0 Å². The number of nitrogens with two attached hydrogens (primary N) is 1. The predicted octanol–water partition coefficient (Wildman–Crippen LogP) is 0.541. The summed E-state index contributed by atoms with van der Waals surface area (Å²) in [5.41, 5.74) is 8.01. The van der Waals surface area contributed by atoms with Crippen molar-refractivity contribution in [3.8, 4) is 0 Å². The van der Waals surface area contributed by atoms with Crippen LogP contribution in [-0.2, 0) is 16.4 Å². The first kappa shape index (κ1) is 10.6. The van der Waals surface area contributed by atoms with Crippen molar-refractivity contribution in [2.24, 2.45) is 5.73 Å². The normalized spacial score (nSPS) is 20.3. The molecule has 0 aliphatic heterocycles. The average Bonchev–Trinajstić information content (AvgIpc) is 2.60. The minimum absolute atomic E-state index is 0.0213. The van der Waals surface area contributed by atoms with Crippen molar-refractivity contribution in [1.82, 2.24) is 4.72 Å². The number of benzene rings is 1. The molecule has 1 aliphatic rings. The lowest BCUT2D eigenvalue weighted by Crippen LogP contribution is -2.19. The number of aryl methyl sites for hydroxylation is 1. The molecule has 5 heteroatoms. The third-order valence-electron chi connectivity index (χ3n) is 2.82. The molecule has 2 rings (SSSR count). The molecule has 0 saturated heterocycles. The summed E-state index contributed by atoms with van der Waals surface area (Å²) in [5.74, 6) is 0. The summed E-state index contributed by atoms with van der Waals surface area (Å²) in [7, 11) is -1.94. The van der Waals surface area contributed by atoms with Crippen LogP contribution in [0.1, 0.15) is 23.6 Å². The Kier molecular flexibility index (Phi) is 2.54. The highest BCUT2D eigenvalue weighted by Gasteiger charge is 2.21. The maximum atomic E-state index is 11.6. The van der Waals surface area contributed by atoms with Crippen molar-refractivity contribution in [3.05, 3.63) is 29.3 Å². The molecule has 0 saturated carbocycles. The van der Waals surface area contributed by atoms with Gasteiger partial charge in [-0.15, -0.1) is 0 Å². The number of hydrogen-bond acceptors (Lipinski definition) is 3. The van der Waals surface area contributed by atoms with Crippen LogP contribution >= 0.6 is 0 Å². The van der Waals surface area contributed by atoms with E-state index in [1.807, 2.05) is 6.07 Å². The highest BCUT2D eigenvalue weighted by molar-refractivity contribution is 7.89. The number of fused-ring (bicyclic) bond motifs is 1. The van der Waals surface area contributed by atoms with E-state index < -0.39 is 10.0 Å². The van der Waals surface area contributed by atoms with E-state index in [0.29, 0.717) is 4.90 Å². The number of rotatable bonds is 2. The van der Waals surface area contributed by atoms with Crippen LogP contribution in [0.25, 0.3) is 0 Å². The molecule has 0 aromatic heterocycles. The predicted molar refractivity (Wildman–Crippen MR) is 57.9 cm³/mol. The largest absolute Gasteiger partial charge is 0.324 e. The lowest BCUT2D eigenvalue weighted by molar-refractivity contribution is 0.588. The van der Waals surface area contributed by atoms with Gasteiger partial charge < -0.3 is 5.73 Å². The highest BCUT2D eigenvalue weighted by atomic mass is 32.2. The molecule has 3 N–H and O–H groups in total. The van der Waals surface area contributed by atoms with E-state index in [9.17, 15) is 8.42 Å². The van der Waals surface area contributed by atoms with Crippen molar-refractivity contribution >= 4 is 10.0 Å². The second-order valence-corrected chi connectivity index (χ2v) is 5.60. The zero-order chi connectivity index (χ0) is 11.1. The van der Waals surface area contributed by atoms with Gasteiger partial charge in [-0.2, -0.15) is 0 Å². The molecule has 1 aromatic rings. The van der Waals surface area contributed by atoms with Crippen molar-refractivity contribution in [2.45, 2.75) is 23.8 Å². The minimum atomic E-state index is -3.35. The summed E-state index contributed by atoms with van der Waals surface area (Å²) in [4.78, 5) is 0.293. The Balaban J connectivity index is 2.51. The van der Waals surface area contributed by atoms with Crippen LogP contribution in [0.15, 0.2) is 23.1 Å². The number of nitrogens with one attached hydrogen (secondary N) is 1. The van der Waals surface area contributed by atoms with Crippen LogP contribution in [0.5, 0.6) is 0 Å². The fourth-order valence-electron chi connectivity index (χ4n) is 1.90. The fraction of sp³-hybridized carbons (Fsp3) is 0.400. The summed E-state index contributed by atoms with van der Waals surface area (Å²) in [6, 6.07) is 5.14. The van der Waals surface area contributed by atoms with Crippen LogP contribution in [0.2, 0.25) is 0 Å². The molecular formula is C10H14N2O2S. The first-order valence-corrected chi connectivity index (χ1v) is 6.35. The second kappa shape index (κ2) is 3.59. The standard InChI is InChI=1S/C10H14N2O2S/c1-12-15(13,14)8-4-2-7-3-5-10(11)9(7)6-8/h2,4,6,10,12H,3,5,11H2,1H3/t10-/m0/s1. The maximum absolute atomic E-state index is 11.6. The van der Waals surface area contributed by atoms with Crippen LogP contribution in [0, 0.1) is 0 Å². The van der Waals surface area contributed by atoms with Gasteiger partial charge in [-0.05, 0) is 43.1 Å². The van der Waals surface area contributed by atoms with Crippen LogP contribution < -0.4 is 10.5 Å². The summed E-state index contributed by atoms with van der Waals surface area (Å²) >= 11 is 0. The Morgan fingerprint density at radius 3 is 2.87 bits per heavy atom. The maximum Gasteiger partial charge on any atom is 0.240 e. The fourth-order valence-corrected chi connectivity index (χ4v) is 2.66. The molecule has 4 nitrogen and oxygen atoms in total. The van der Waals surface area contributed by atoms with Gasteiger partial charge in [-0.25, -0.2) is 13.1 Å². The van der Waals surface area contributed by atoms with Gasteiger partial charge in [0.1, 0.15) is 0 Å². The molecule has 0 bridgehead atoms. The van der Waals surface area contributed by atoms with Gasteiger partial charge in [0.25, 0.3) is 0 Å². The number of hydrogen-bond donors (Lipinski definition) is 2. The molecule has 0 spiro atoms. The zero-order valence-electron chi connectivity index (χ0n) is 8.53. The van der Waals surface area contributed by atoms with Gasteiger partial charge in [-0.3, -0.25) is 0 Å². The second-order valence-electron chi connectivity index (χ2n) is 3.71. The summed E-state index contributed by atoms with van der Waals surface area (Å²) < 4.78 is 25.4. The molecule has 15 heavy (non-hydrogen) atoms. The van der Waals surface area contributed by atoms with Crippen molar-refractivity contribution in [3.63, 3.8) is 0 Å². The van der Waals surface area contributed by atoms with Gasteiger partial charge in [0.15, 0.2) is 0 Å². The first-order valence-electron chi connectivity index (χ1n) is 4.86. The van der Waals surface area contributed by atoms with Crippen molar-refractivity contribution in [1.29, 1.82) is 0 Å². The average molecular weight is 226 g/mol. The van der Waals surface area contributed by atoms with E-state index in [0.717, 1.165) is 24.0 Å². The third kappa shape index (κ3) is 1.78. The molecule has 0 fully saturated rings. The molecule has 1 aromatic carbocycles. The lowest BCUT2D eigenvalue weighted by Gasteiger charge is -2.08. The van der Waals surface area contributed by atoms with Crippen LogP contribution in [-0.4, -0.2) is 15.5 Å². The molecule has 0 amide bonds. The summed E-state index contributed by atoms with van der Waals surface area (Å²) in [5, 5.41) is 0. The molecule has 82 valence electrons. The van der Waals surface area contributed by atoms with Crippen molar-refractivity contribution in [2.75, 3.05) is 7.05 Å². The van der Waals surface area contributed by atoms with E-state index in [1.54, 1.807) is 12.1 Å². The summed E-state index contributed by atoms with van der Waals surface area (Å²) in [6.07, 6.45) is 1.84. The molecule has 1 aliphatic carbocycles. The van der Waals surface area contributed by atoms with E-state index in [2.05, 4.69) is 4.72 Å². The molecular weight excluding hydrogens is 212 g/mol. The lowest BCUT2D eigenvalue weighted by atomic mass is 10.1. The summed E-state index contributed by atoms with van der Waals surface area (Å²) in [6.45, 7) is 0. The Labute approximate surface area is 89.5 Å². The SMILES string of the molecule is CNS(=O)(=O)c1ccc2c(c1)[C@@H](N)CC2. The molecule has 0 heterocycles. The van der Waals surface area contributed by atoms with Crippen LogP contribution in [0.4, 0.5) is 0 Å². The topological polar surface area (TPSA) is 72.2 Å². The zero-order valence-corrected chi connectivity index (χ0v) is 9.34. The van der Waals surface area contributed by atoms with E-state index >= 15 is 0 Å². The smallest absolute Gasteiger partial charge is 0.240 e. The Hall–Kier alpha value is -0.910. The first-order chi connectivity index (χ1) is 7.04. The Bertz CT molecular complexity index is 482. The monoisotopic (exact) mass is 226 g/mol. The minimum Gasteiger partial charge on any atom is -0.324 e. The Morgan fingerprint density at radius 1 is 1.47 bits per heavy atom. The van der Waals surface area contributed by atoms with E-state index in [1.165, 1.54) is 7.05 Å². The van der Waals surface area contributed by atoms with E-state index in [4.69, 9.17) is 5.73 Å². The van der Waals surface area contributed by atoms with Gasteiger partial charge in [-0.1, -0.05) is 6.07 Å². The highest BCUT2D eigenvalue weighted by Crippen LogP contribution is 2.30. The molecule has 1 atom stereocenters. The Morgan fingerprint density at radius 2 is 2.20 bits per heavy atom. The van der Waals surface area contributed by atoms with Gasteiger partial charge >= 0.3 is 0 Å².